The van der Waals surface area contributed by atoms with E-state index in [2.05, 4.69) is 48.0 Å². The summed E-state index contributed by atoms with van der Waals surface area (Å²) in [5, 5.41) is 11.2. The Balaban J connectivity index is 1.57. The van der Waals surface area contributed by atoms with E-state index in [-0.39, 0.29) is 53.5 Å². The third-order valence-corrected chi connectivity index (χ3v) is 9.01. The van der Waals surface area contributed by atoms with Crippen LogP contribution in [0.25, 0.3) is 0 Å². The molecule has 1 unspecified atom stereocenters. The van der Waals surface area contributed by atoms with Gasteiger partial charge in [-0.25, -0.2) is 0 Å². The number of piperidine rings is 4. The molecule has 5 fully saturated rings. The summed E-state index contributed by atoms with van der Waals surface area (Å²) in [5.74, 6) is 0.510. The molecule has 7 rings (SSSR count). The SMILES string of the molecule is CC[C@H]1[C@@H]2C[C@H]3[C@@H]4N(C)c5ccccc5[C@]45C[C@@H]([C@H]2[C@H]5OC(=O)CCl)N3[C@@H]1O. The van der Waals surface area contributed by atoms with Crippen LogP contribution < -0.4 is 4.90 Å². The molecule has 28 heavy (non-hydrogen) atoms. The van der Waals surface area contributed by atoms with Crippen molar-refractivity contribution in [3.05, 3.63) is 29.8 Å². The van der Waals surface area contributed by atoms with Crippen LogP contribution in [0.1, 0.15) is 31.7 Å². The Morgan fingerprint density at radius 1 is 1.36 bits per heavy atom. The second-order valence-corrected chi connectivity index (χ2v) is 9.67. The first-order valence-corrected chi connectivity index (χ1v) is 11.1. The van der Waals surface area contributed by atoms with Gasteiger partial charge in [-0.05, 0) is 36.8 Å². The Bertz CT molecular complexity index is 849. The molecule has 5 aliphatic heterocycles. The van der Waals surface area contributed by atoms with Gasteiger partial charge < -0.3 is 14.7 Å². The molecule has 150 valence electrons. The standard InChI is InChI=1S/C22H27ClN2O3/c1-3-11-12-8-15-19-22(13-6-4-5-7-14(13)24(19)2)9-16(25(15)21(11)27)18(12)20(22)28-17(26)10-23/h4-7,11-12,15-16,18-21,27H,3,8-10H2,1-2H3/t11-,12-,15-,16-,18-,19-,20+,21+,22+/m0/s1. The zero-order valence-electron chi connectivity index (χ0n) is 16.3. The minimum Gasteiger partial charge on any atom is -0.460 e. The van der Waals surface area contributed by atoms with Crippen molar-refractivity contribution < 1.29 is 14.6 Å². The minimum atomic E-state index is -0.382. The molecular formula is C22H27ClN2O3. The monoisotopic (exact) mass is 402 g/mol. The number of ether oxygens (including phenoxy) is 1. The van der Waals surface area contributed by atoms with Crippen molar-refractivity contribution in [1.82, 2.24) is 4.90 Å². The number of hydrogen-bond donors (Lipinski definition) is 1. The summed E-state index contributed by atoms with van der Waals surface area (Å²) in [4.78, 5) is 17.2. The van der Waals surface area contributed by atoms with Crippen LogP contribution in [0, 0.1) is 17.8 Å². The third-order valence-electron chi connectivity index (χ3n) is 8.79. The van der Waals surface area contributed by atoms with Gasteiger partial charge in [0.05, 0.1) is 11.5 Å². The molecular weight excluding hydrogens is 376 g/mol. The third kappa shape index (κ3) is 1.76. The lowest BCUT2D eigenvalue weighted by Gasteiger charge is -2.62. The molecule has 0 aromatic heterocycles. The average molecular weight is 403 g/mol. The van der Waals surface area contributed by atoms with E-state index in [1.165, 1.54) is 11.3 Å². The summed E-state index contributed by atoms with van der Waals surface area (Å²) in [7, 11) is 2.17. The van der Waals surface area contributed by atoms with Crippen LogP contribution in [-0.4, -0.2) is 59.4 Å². The highest BCUT2D eigenvalue weighted by atomic mass is 35.5. The van der Waals surface area contributed by atoms with Gasteiger partial charge in [0, 0.05) is 36.7 Å². The molecule has 6 heteroatoms. The maximum atomic E-state index is 12.4. The van der Waals surface area contributed by atoms with Crippen molar-refractivity contribution >= 4 is 23.3 Å². The van der Waals surface area contributed by atoms with Crippen LogP contribution in [0.4, 0.5) is 5.69 Å². The zero-order chi connectivity index (χ0) is 19.4. The van der Waals surface area contributed by atoms with Crippen LogP contribution in [0.3, 0.4) is 0 Å². The summed E-state index contributed by atoms with van der Waals surface area (Å²) in [6, 6.07) is 9.40. The van der Waals surface area contributed by atoms with Crippen LogP contribution in [0.2, 0.25) is 0 Å². The predicted molar refractivity (Wildman–Crippen MR) is 106 cm³/mol. The van der Waals surface area contributed by atoms with Crippen molar-refractivity contribution in [3.8, 4) is 0 Å². The quantitative estimate of drug-likeness (QED) is 0.621. The molecule has 10 atom stereocenters. The number of nitrogens with zero attached hydrogens (tertiary/aromatic N) is 2. The van der Waals surface area contributed by atoms with E-state index in [1.54, 1.807) is 0 Å². The number of benzene rings is 1. The highest BCUT2D eigenvalue weighted by Crippen LogP contribution is 2.69. The van der Waals surface area contributed by atoms with Crippen LogP contribution in [-0.2, 0) is 14.9 Å². The zero-order valence-corrected chi connectivity index (χ0v) is 17.0. The number of anilines is 1. The Hall–Kier alpha value is -1.30. The van der Waals surface area contributed by atoms with E-state index < -0.39 is 0 Å². The van der Waals surface area contributed by atoms with Crippen molar-refractivity contribution in [2.24, 2.45) is 17.8 Å². The van der Waals surface area contributed by atoms with Crippen molar-refractivity contribution in [1.29, 1.82) is 0 Å². The molecule has 5 nitrogen and oxygen atoms in total. The number of carbonyl (C=O) groups excluding carboxylic acids is 1. The molecule has 1 N–H and O–H groups in total. The molecule has 5 bridgehead atoms. The lowest BCUT2D eigenvalue weighted by Crippen LogP contribution is -2.72. The van der Waals surface area contributed by atoms with E-state index in [0.29, 0.717) is 12.0 Å². The summed E-state index contributed by atoms with van der Waals surface area (Å²) in [6.45, 7) is 2.17. The highest BCUT2D eigenvalue weighted by molar-refractivity contribution is 6.26. The number of para-hydroxylation sites is 1. The van der Waals surface area contributed by atoms with E-state index in [1.807, 2.05) is 0 Å². The minimum absolute atomic E-state index is 0.107. The number of carbonyl (C=O) groups is 1. The topological polar surface area (TPSA) is 53.0 Å². The van der Waals surface area contributed by atoms with Gasteiger partial charge in [-0.1, -0.05) is 25.1 Å². The number of rotatable bonds is 3. The van der Waals surface area contributed by atoms with Crippen LogP contribution >= 0.6 is 11.6 Å². The number of aliphatic hydroxyl groups is 1. The Labute approximate surface area is 170 Å². The number of alkyl halides is 1. The van der Waals surface area contributed by atoms with Crippen molar-refractivity contribution in [2.75, 3.05) is 17.8 Å². The number of fused-ring (bicyclic) bond motifs is 2. The lowest BCUT2D eigenvalue weighted by molar-refractivity contribution is -0.212. The maximum Gasteiger partial charge on any atom is 0.321 e. The summed E-state index contributed by atoms with van der Waals surface area (Å²) < 4.78 is 6.19. The Morgan fingerprint density at radius 2 is 2.14 bits per heavy atom. The van der Waals surface area contributed by atoms with Gasteiger partial charge in [-0.3, -0.25) is 9.69 Å². The summed E-state index contributed by atoms with van der Waals surface area (Å²) in [5.41, 5.74) is 2.36. The van der Waals surface area contributed by atoms with Gasteiger partial charge in [0.1, 0.15) is 18.2 Å². The van der Waals surface area contributed by atoms with Crippen molar-refractivity contribution in [2.45, 2.75) is 62.1 Å². The van der Waals surface area contributed by atoms with Gasteiger partial charge in [0.25, 0.3) is 0 Å². The molecule has 6 aliphatic rings. The number of halogens is 1. The number of likely N-dealkylation sites (N-methyl/N-ethyl adjacent to an activating group) is 1. The van der Waals surface area contributed by atoms with E-state index in [0.717, 1.165) is 19.3 Å². The molecule has 1 aliphatic carbocycles. The van der Waals surface area contributed by atoms with Gasteiger partial charge >= 0.3 is 5.97 Å². The fourth-order valence-corrected chi connectivity index (χ4v) is 8.26. The molecule has 4 saturated heterocycles. The summed E-state index contributed by atoms with van der Waals surface area (Å²) in [6.07, 6.45) is 2.44. The second-order valence-electron chi connectivity index (χ2n) is 9.41. The molecule has 1 saturated carbocycles. The molecule has 5 heterocycles. The first kappa shape index (κ1) is 17.5. The van der Waals surface area contributed by atoms with Crippen LogP contribution in [0.15, 0.2) is 24.3 Å². The smallest absolute Gasteiger partial charge is 0.321 e. The van der Waals surface area contributed by atoms with Gasteiger partial charge in [0.15, 0.2) is 0 Å². The molecule has 0 amide bonds. The first-order chi connectivity index (χ1) is 13.5. The van der Waals surface area contributed by atoms with E-state index in [4.69, 9.17) is 16.3 Å². The highest BCUT2D eigenvalue weighted by Gasteiger charge is 2.77. The number of hydrogen-bond acceptors (Lipinski definition) is 5. The van der Waals surface area contributed by atoms with E-state index >= 15 is 0 Å². The predicted octanol–water partition coefficient (Wildman–Crippen LogP) is 2.34. The second kappa shape index (κ2) is 5.65. The van der Waals surface area contributed by atoms with E-state index in [9.17, 15) is 9.90 Å². The fraction of sp³-hybridized carbons (Fsp3) is 0.682. The summed E-state index contributed by atoms with van der Waals surface area (Å²) >= 11 is 5.87. The normalized spacial score (nSPS) is 49.3. The number of esters is 1. The van der Waals surface area contributed by atoms with Gasteiger partial charge in [-0.15, -0.1) is 11.6 Å². The Morgan fingerprint density at radius 3 is 2.89 bits per heavy atom. The van der Waals surface area contributed by atoms with Gasteiger partial charge in [0.2, 0.25) is 0 Å². The number of aliphatic hydroxyl groups excluding tert-OH is 1. The Kier molecular flexibility index (Phi) is 3.54. The average Bonchev–Trinajstić information content (AvgIpc) is 3.10. The molecule has 0 radical (unpaired) electrons. The fourth-order valence-electron chi connectivity index (χ4n) is 8.20. The first-order valence-electron chi connectivity index (χ1n) is 10.6. The lowest BCUT2D eigenvalue weighted by atomic mass is 9.62. The van der Waals surface area contributed by atoms with Crippen LogP contribution in [0.5, 0.6) is 0 Å². The van der Waals surface area contributed by atoms with Gasteiger partial charge in [-0.2, -0.15) is 0 Å². The van der Waals surface area contributed by atoms with Crippen molar-refractivity contribution in [3.63, 3.8) is 0 Å². The largest absolute Gasteiger partial charge is 0.460 e. The maximum absolute atomic E-state index is 12.4. The molecule has 1 aromatic rings. The molecule has 1 aromatic carbocycles. The molecule has 1 spiro atoms.